The third-order valence-electron chi connectivity index (χ3n) is 2.20. The van der Waals surface area contributed by atoms with E-state index in [0.29, 0.717) is 6.54 Å². The molecule has 1 heterocycles. The molecule has 0 radical (unpaired) electrons. The average molecular weight is 241 g/mol. The Morgan fingerprint density at radius 1 is 1.50 bits per heavy atom. The van der Waals surface area contributed by atoms with Crippen molar-refractivity contribution >= 4 is 17.3 Å². The van der Waals surface area contributed by atoms with E-state index in [2.05, 4.69) is 15.6 Å². The van der Waals surface area contributed by atoms with Crippen molar-refractivity contribution in [3.05, 3.63) is 40.9 Å². The topological polar surface area (TPSA) is 42.7 Å². The highest BCUT2D eigenvalue weighted by atomic mass is 35.5. The highest BCUT2D eigenvalue weighted by Crippen LogP contribution is 2.19. The lowest BCUT2D eigenvalue weighted by Gasteiger charge is -2.06. The zero-order valence-electron chi connectivity index (χ0n) is 8.61. The molecule has 6 heteroatoms. The van der Waals surface area contributed by atoms with Crippen molar-refractivity contribution < 1.29 is 4.39 Å². The van der Waals surface area contributed by atoms with E-state index in [-0.39, 0.29) is 5.02 Å². The summed E-state index contributed by atoms with van der Waals surface area (Å²) in [6.45, 7) is 0.561. The Labute approximate surface area is 97.0 Å². The van der Waals surface area contributed by atoms with Gasteiger partial charge in [0, 0.05) is 12.7 Å². The first-order chi connectivity index (χ1) is 7.66. The summed E-state index contributed by atoms with van der Waals surface area (Å²) in [5, 5.41) is 10.8. The van der Waals surface area contributed by atoms with Crippen LogP contribution in [-0.2, 0) is 13.6 Å². The number of aromatic nitrogens is 3. The summed E-state index contributed by atoms with van der Waals surface area (Å²) >= 11 is 5.66. The van der Waals surface area contributed by atoms with Gasteiger partial charge in [-0.1, -0.05) is 16.8 Å². The number of benzene rings is 1. The lowest BCUT2D eigenvalue weighted by Crippen LogP contribution is -2.05. The first kappa shape index (κ1) is 10.9. The minimum Gasteiger partial charge on any atom is -0.379 e. The highest BCUT2D eigenvalue weighted by Gasteiger charge is 2.02. The molecule has 0 bridgehead atoms. The third-order valence-corrected chi connectivity index (χ3v) is 2.49. The largest absolute Gasteiger partial charge is 0.379 e. The van der Waals surface area contributed by atoms with Crippen LogP contribution in [0.25, 0.3) is 0 Å². The summed E-state index contributed by atoms with van der Waals surface area (Å²) in [5.41, 5.74) is 1.69. The number of rotatable bonds is 3. The maximum absolute atomic E-state index is 12.9. The molecule has 0 saturated heterocycles. The van der Waals surface area contributed by atoms with Crippen LogP contribution in [0.3, 0.4) is 0 Å². The van der Waals surface area contributed by atoms with Crippen LogP contribution in [0.1, 0.15) is 5.69 Å². The van der Waals surface area contributed by atoms with Gasteiger partial charge in [-0.3, -0.25) is 4.68 Å². The van der Waals surface area contributed by atoms with E-state index in [1.807, 2.05) is 7.05 Å². The van der Waals surface area contributed by atoms with Gasteiger partial charge in [-0.25, -0.2) is 4.39 Å². The second-order valence-electron chi connectivity index (χ2n) is 3.33. The molecular weight excluding hydrogens is 231 g/mol. The van der Waals surface area contributed by atoms with Crippen molar-refractivity contribution in [1.29, 1.82) is 0 Å². The van der Waals surface area contributed by atoms with E-state index >= 15 is 0 Å². The predicted octanol–water partition coefficient (Wildman–Crippen LogP) is 2.22. The highest BCUT2D eigenvalue weighted by molar-refractivity contribution is 6.31. The van der Waals surface area contributed by atoms with Crippen LogP contribution < -0.4 is 5.32 Å². The summed E-state index contributed by atoms with van der Waals surface area (Å²) in [4.78, 5) is 0. The Hall–Kier alpha value is -1.62. The van der Waals surface area contributed by atoms with Crippen LogP contribution in [0.15, 0.2) is 24.4 Å². The molecule has 0 atom stereocenters. The van der Waals surface area contributed by atoms with Gasteiger partial charge < -0.3 is 5.32 Å². The zero-order chi connectivity index (χ0) is 11.5. The lowest BCUT2D eigenvalue weighted by molar-refractivity contribution is 0.628. The molecule has 0 spiro atoms. The van der Waals surface area contributed by atoms with Gasteiger partial charge in [0.15, 0.2) is 0 Å². The number of anilines is 1. The van der Waals surface area contributed by atoms with Gasteiger partial charge in [0.25, 0.3) is 0 Å². The first-order valence-corrected chi connectivity index (χ1v) is 5.07. The second kappa shape index (κ2) is 4.49. The fraction of sp³-hybridized carbons (Fsp3) is 0.200. The normalized spacial score (nSPS) is 10.4. The molecule has 2 rings (SSSR count). The summed E-state index contributed by atoms with van der Waals surface area (Å²) in [6, 6.07) is 4.50. The molecule has 1 aromatic carbocycles. The van der Waals surface area contributed by atoms with Gasteiger partial charge >= 0.3 is 0 Å². The Morgan fingerprint density at radius 3 is 2.94 bits per heavy atom. The van der Waals surface area contributed by atoms with Crippen LogP contribution >= 0.6 is 11.6 Å². The molecule has 0 aliphatic heterocycles. The fourth-order valence-electron chi connectivity index (χ4n) is 1.27. The molecule has 0 aliphatic rings. The number of nitrogens with zero attached hydrogens (tertiary/aromatic N) is 3. The zero-order valence-corrected chi connectivity index (χ0v) is 9.37. The molecule has 0 aliphatic carbocycles. The Kier molecular flexibility index (Phi) is 3.05. The van der Waals surface area contributed by atoms with Crippen molar-refractivity contribution in [2.45, 2.75) is 6.54 Å². The van der Waals surface area contributed by atoms with Crippen LogP contribution in [-0.4, -0.2) is 15.0 Å². The molecular formula is C10H10ClFN4. The Morgan fingerprint density at radius 2 is 2.31 bits per heavy atom. The van der Waals surface area contributed by atoms with E-state index in [9.17, 15) is 4.39 Å². The van der Waals surface area contributed by atoms with Crippen molar-refractivity contribution in [2.24, 2.45) is 7.05 Å². The smallest absolute Gasteiger partial charge is 0.141 e. The minimum absolute atomic E-state index is 0.105. The molecule has 0 amide bonds. The standard InChI is InChI=1S/C10H10ClFN4/c1-16-8(6-14-15-16)5-13-7-2-3-10(12)9(11)4-7/h2-4,6,13H,5H2,1H3. The van der Waals surface area contributed by atoms with Gasteiger partial charge in [-0.2, -0.15) is 0 Å². The van der Waals surface area contributed by atoms with E-state index < -0.39 is 5.82 Å². The Bertz CT molecular complexity index is 497. The van der Waals surface area contributed by atoms with E-state index in [1.165, 1.54) is 6.07 Å². The molecule has 1 N–H and O–H groups in total. The molecule has 84 valence electrons. The van der Waals surface area contributed by atoms with Gasteiger partial charge in [0.05, 0.1) is 23.5 Å². The summed E-state index contributed by atoms with van der Waals surface area (Å²) < 4.78 is 14.6. The minimum atomic E-state index is -0.422. The molecule has 1 aromatic heterocycles. The summed E-state index contributed by atoms with van der Waals surface area (Å²) in [6.07, 6.45) is 1.66. The van der Waals surface area contributed by atoms with Crippen molar-refractivity contribution in [3.63, 3.8) is 0 Å². The maximum Gasteiger partial charge on any atom is 0.141 e. The van der Waals surface area contributed by atoms with E-state index in [0.717, 1.165) is 11.4 Å². The molecule has 0 saturated carbocycles. The predicted molar refractivity (Wildman–Crippen MR) is 59.7 cm³/mol. The van der Waals surface area contributed by atoms with Crippen LogP contribution in [0.4, 0.5) is 10.1 Å². The van der Waals surface area contributed by atoms with Crippen LogP contribution in [0.5, 0.6) is 0 Å². The quantitative estimate of drug-likeness (QED) is 0.895. The molecule has 16 heavy (non-hydrogen) atoms. The van der Waals surface area contributed by atoms with E-state index in [1.54, 1.807) is 23.0 Å². The average Bonchev–Trinajstić information content (AvgIpc) is 2.66. The Balaban J connectivity index is 2.05. The molecule has 4 nitrogen and oxygen atoms in total. The van der Waals surface area contributed by atoms with Crippen molar-refractivity contribution in [3.8, 4) is 0 Å². The summed E-state index contributed by atoms with van der Waals surface area (Å²) in [5.74, 6) is -0.422. The van der Waals surface area contributed by atoms with Gasteiger partial charge in [-0.05, 0) is 18.2 Å². The first-order valence-electron chi connectivity index (χ1n) is 4.69. The number of hydrogen-bond acceptors (Lipinski definition) is 3. The third kappa shape index (κ3) is 2.30. The van der Waals surface area contributed by atoms with Gasteiger partial charge in [-0.15, -0.1) is 5.10 Å². The monoisotopic (exact) mass is 240 g/mol. The maximum atomic E-state index is 12.9. The van der Waals surface area contributed by atoms with Crippen LogP contribution in [0, 0.1) is 5.82 Å². The van der Waals surface area contributed by atoms with Crippen molar-refractivity contribution in [2.75, 3.05) is 5.32 Å². The molecule has 2 aromatic rings. The molecule has 0 unspecified atom stereocenters. The lowest BCUT2D eigenvalue weighted by atomic mass is 10.3. The summed E-state index contributed by atoms with van der Waals surface area (Å²) in [7, 11) is 1.81. The SMILES string of the molecule is Cn1nncc1CNc1ccc(F)c(Cl)c1. The number of aryl methyl sites for hydroxylation is 1. The van der Waals surface area contributed by atoms with E-state index in [4.69, 9.17) is 11.6 Å². The number of halogens is 2. The fourth-order valence-corrected chi connectivity index (χ4v) is 1.45. The van der Waals surface area contributed by atoms with Crippen molar-refractivity contribution in [1.82, 2.24) is 15.0 Å². The van der Waals surface area contributed by atoms with Gasteiger partial charge in [0.1, 0.15) is 5.82 Å². The van der Waals surface area contributed by atoms with Gasteiger partial charge in [0.2, 0.25) is 0 Å². The molecule has 0 fully saturated rings. The second-order valence-corrected chi connectivity index (χ2v) is 3.74. The number of hydrogen-bond donors (Lipinski definition) is 1. The van der Waals surface area contributed by atoms with Crippen LogP contribution in [0.2, 0.25) is 5.02 Å². The number of nitrogens with one attached hydrogen (secondary N) is 1.